The molecule has 0 aliphatic carbocycles. The number of aryl methyl sites for hydroxylation is 1. The summed E-state index contributed by atoms with van der Waals surface area (Å²) in [7, 11) is 3.07. The van der Waals surface area contributed by atoms with Crippen LogP contribution in [0, 0.1) is 6.92 Å². The van der Waals surface area contributed by atoms with Gasteiger partial charge in [0.2, 0.25) is 5.91 Å². The molecule has 132 valence electrons. The average molecular weight is 343 g/mol. The number of methoxy groups -OCH3 is 2. The van der Waals surface area contributed by atoms with E-state index in [1.54, 1.807) is 31.4 Å². The van der Waals surface area contributed by atoms with E-state index in [0.29, 0.717) is 17.2 Å². The number of nitrogens with one attached hydrogen (secondary N) is 3. The molecule has 0 unspecified atom stereocenters. The number of rotatable bonds is 5. The molecule has 0 aromatic heterocycles. The predicted octanol–water partition coefficient (Wildman–Crippen LogP) is 2.41. The number of carbonyl (C=O) groups is 2. The molecule has 2 rings (SSSR count). The lowest BCUT2D eigenvalue weighted by Crippen LogP contribution is -2.44. The predicted molar refractivity (Wildman–Crippen MR) is 94.7 cm³/mol. The lowest BCUT2D eigenvalue weighted by molar-refractivity contribution is -0.121. The Balaban J connectivity index is 1.85. The number of hydrazine groups is 1. The van der Waals surface area contributed by atoms with Gasteiger partial charge in [0.25, 0.3) is 0 Å². The zero-order valence-electron chi connectivity index (χ0n) is 14.4. The minimum Gasteiger partial charge on any atom is -0.493 e. The van der Waals surface area contributed by atoms with Crippen LogP contribution in [0.1, 0.15) is 11.1 Å². The van der Waals surface area contributed by atoms with Gasteiger partial charge >= 0.3 is 6.03 Å². The van der Waals surface area contributed by atoms with Crippen molar-refractivity contribution in [3.8, 4) is 11.5 Å². The van der Waals surface area contributed by atoms with E-state index in [4.69, 9.17) is 9.47 Å². The van der Waals surface area contributed by atoms with Crippen molar-refractivity contribution >= 4 is 17.6 Å². The van der Waals surface area contributed by atoms with E-state index in [1.807, 2.05) is 25.1 Å². The van der Waals surface area contributed by atoms with E-state index in [2.05, 4.69) is 16.2 Å². The molecule has 0 heterocycles. The highest BCUT2D eigenvalue weighted by molar-refractivity contribution is 5.91. The first-order chi connectivity index (χ1) is 12.0. The molecule has 7 nitrogen and oxygen atoms in total. The van der Waals surface area contributed by atoms with Gasteiger partial charge in [-0.2, -0.15) is 0 Å². The smallest absolute Gasteiger partial charge is 0.337 e. The number of ether oxygens (including phenoxy) is 2. The fraction of sp³-hybridized carbons (Fsp3) is 0.222. The monoisotopic (exact) mass is 343 g/mol. The highest BCUT2D eigenvalue weighted by atomic mass is 16.5. The number of amides is 3. The second-order valence-corrected chi connectivity index (χ2v) is 5.36. The van der Waals surface area contributed by atoms with Gasteiger partial charge in [0.1, 0.15) is 0 Å². The van der Waals surface area contributed by atoms with E-state index in [0.717, 1.165) is 11.1 Å². The van der Waals surface area contributed by atoms with Gasteiger partial charge in [-0.1, -0.05) is 18.2 Å². The highest BCUT2D eigenvalue weighted by Crippen LogP contribution is 2.27. The van der Waals surface area contributed by atoms with Crippen molar-refractivity contribution in [3.05, 3.63) is 53.6 Å². The third-order valence-electron chi connectivity index (χ3n) is 3.40. The molecule has 0 fully saturated rings. The molecule has 2 aromatic rings. The molecule has 0 saturated heterocycles. The van der Waals surface area contributed by atoms with Crippen LogP contribution in [0.4, 0.5) is 10.5 Å². The van der Waals surface area contributed by atoms with Gasteiger partial charge in [-0.05, 0) is 42.3 Å². The number of benzene rings is 2. The van der Waals surface area contributed by atoms with E-state index in [1.165, 1.54) is 7.11 Å². The van der Waals surface area contributed by atoms with Gasteiger partial charge in [-0.25, -0.2) is 10.2 Å². The maximum Gasteiger partial charge on any atom is 0.337 e. The Morgan fingerprint density at radius 3 is 2.40 bits per heavy atom. The molecular weight excluding hydrogens is 322 g/mol. The van der Waals surface area contributed by atoms with Crippen LogP contribution in [0.15, 0.2) is 42.5 Å². The van der Waals surface area contributed by atoms with Crippen LogP contribution in [-0.4, -0.2) is 26.2 Å². The van der Waals surface area contributed by atoms with Gasteiger partial charge in [0.15, 0.2) is 11.5 Å². The fourth-order valence-electron chi connectivity index (χ4n) is 2.23. The molecule has 7 heteroatoms. The number of anilines is 1. The number of hydrogen-bond donors (Lipinski definition) is 3. The lowest BCUT2D eigenvalue weighted by Gasteiger charge is -2.11. The summed E-state index contributed by atoms with van der Waals surface area (Å²) in [6.07, 6.45) is 0.0884. The maximum atomic E-state index is 12.0. The first-order valence-corrected chi connectivity index (χ1v) is 7.65. The summed E-state index contributed by atoms with van der Waals surface area (Å²) in [5.74, 6) is 0.770. The van der Waals surface area contributed by atoms with E-state index in [-0.39, 0.29) is 12.3 Å². The van der Waals surface area contributed by atoms with Crippen molar-refractivity contribution < 1.29 is 19.1 Å². The molecule has 0 atom stereocenters. The lowest BCUT2D eigenvalue weighted by atomic mass is 10.1. The molecule has 2 aromatic carbocycles. The van der Waals surface area contributed by atoms with Crippen LogP contribution in [0.2, 0.25) is 0 Å². The summed E-state index contributed by atoms with van der Waals surface area (Å²) in [5.41, 5.74) is 7.08. The van der Waals surface area contributed by atoms with Crippen molar-refractivity contribution in [3.63, 3.8) is 0 Å². The first kappa shape index (κ1) is 18.1. The van der Waals surface area contributed by atoms with Crippen LogP contribution in [0.5, 0.6) is 11.5 Å². The Morgan fingerprint density at radius 1 is 0.960 bits per heavy atom. The Hall–Kier alpha value is -3.22. The zero-order chi connectivity index (χ0) is 18.2. The summed E-state index contributed by atoms with van der Waals surface area (Å²) in [6.45, 7) is 1.92. The molecule has 0 aliphatic rings. The number of hydrogen-bond acceptors (Lipinski definition) is 4. The second-order valence-electron chi connectivity index (χ2n) is 5.36. The van der Waals surface area contributed by atoms with Crippen LogP contribution < -0.4 is 25.6 Å². The Kier molecular flexibility index (Phi) is 6.22. The van der Waals surface area contributed by atoms with Gasteiger partial charge < -0.3 is 14.8 Å². The highest BCUT2D eigenvalue weighted by Gasteiger charge is 2.09. The van der Waals surface area contributed by atoms with Crippen LogP contribution >= 0.6 is 0 Å². The first-order valence-electron chi connectivity index (χ1n) is 7.65. The Bertz CT molecular complexity index is 762. The molecular formula is C18H21N3O4. The Morgan fingerprint density at radius 2 is 1.72 bits per heavy atom. The van der Waals surface area contributed by atoms with Crippen LogP contribution in [0.25, 0.3) is 0 Å². The third-order valence-corrected chi connectivity index (χ3v) is 3.40. The van der Waals surface area contributed by atoms with Gasteiger partial charge in [-0.3, -0.25) is 10.2 Å². The molecule has 0 radical (unpaired) electrons. The largest absolute Gasteiger partial charge is 0.493 e. The summed E-state index contributed by atoms with van der Waals surface area (Å²) in [6, 6.07) is 12.0. The van der Waals surface area contributed by atoms with Gasteiger partial charge in [0, 0.05) is 5.69 Å². The van der Waals surface area contributed by atoms with Gasteiger partial charge in [0.05, 0.1) is 20.6 Å². The second kappa shape index (κ2) is 8.58. The summed E-state index contributed by atoms with van der Waals surface area (Å²) < 4.78 is 10.3. The van der Waals surface area contributed by atoms with Crippen LogP contribution in [0.3, 0.4) is 0 Å². The normalized spacial score (nSPS) is 9.88. The van der Waals surface area contributed by atoms with Crippen molar-refractivity contribution in [2.45, 2.75) is 13.3 Å². The molecule has 3 N–H and O–H groups in total. The quantitative estimate of drug-likeness (QED) is 0.728. The van der Waals surface area contributed by atoms with Crippen molar-refractivity contribution in [2.24, 2.45) is 0 Å². The SMILES string of the molecule is COc1ccc(CC(=O)NNC(=O)Nc2cccc(C)c2)cc1OC. The third kappa shape index (κ3) is 5.42. The van der Waals surface area contributed by atoms with E-state index in [9.17, 15) is 9.59 Å². The van der Waals surface area contributed by atoms with Gasteiger partial charge in [-0.15, -0.1) is 0 Å². The number of carbonyl (C=O) groups excluding carboxylic acids is 2. The van der Waals surface area contributed by atoms with Crippen molar-refractivity contribution in [2.75, 3.05) is 19.5 Å². The van der Waals surface area contributed by atoms with Crippen molar-refractivity contribution in [1.29, 1.82) is 0 Å². The topological polar surface area (TPSA) is 88.7 Å². The molecule has 0 saturated carbocycles. The standard InChI is InChI=1S/C18H21N3O4/c1-12-5-4-6-14(9-12)19-18(23)21-20-17(22)11-13-7-8-15(24-2)16(10-13)25-3/h4-10H,11H2,1-3H3,(H,20,22)(H2,19,21,23). The van der Waals surface area contributed by atoms with E-state index < -0.39 is 6.03 Å². The zero-order valence-corrected chi connectivity index (χ0v) is 14.4. The number of urea groups is 1. The Labute approximate surface area is 146 Å². The molecule has 25 heavy (non-hydrogen) atoms. The minimum absolute atomic E-state index is 0.0884. The molecule has 0 aliphatic heterocycles. The average Bonchev–Trinajstić information content (AvgIpc) is 2.60. The summed E-state index contributed by atoms with van der Waals surface area (Å²) in [4.78, 5) is 23.7. The molecule has 3 amide bonds. The van der Waals surface area contributed by atoms with Crippen LogP contribution in [-0.2, 0) is 11.2 Å². The summed E-state index contributed by atoms with van der Waals surface area (Å²) >= 11 is 0. The maximum absolute atomic E-state index is 12.0. The summed E-state index contributed by atoms with van der Waals surface area (Å²) in [5, 5.41) is 2.63. The minimum atomic E-state index is -0.522. The fourth-order valence-corrected chi connectivity index (χ4v) is 2.23. The molecule has 0 bridgehead atoms. The van der Waals surface area contributed by atoms with Crippen molar-refractivity contribution in [1.82, 2.24) is 10.9 Å². The van der Waals surface area contributed by atoms with E-state index >= 15 is 0 Å². The molecule has 0 spiro atoms.